The van der Waals surface area contributed by atoms with E-state index in [2.05, 4.69) is 15.6 Å². The molecule has 0 spiro atoms. The Labute approximate surface area is 219 Å². The maximum Gasteiger partial charge on any atom is 0.239 e. The normalized spacial score (nSPS) is 11.5. The molecule has 0 bridgehead atoms. The van der Waals surface area contributed by atoms with E-state index >= 15 is 0 Å². The van der Waals surface area contributed by atoms with Crippen LogP contribution < -0.4 is 15.4 Å². The fourth-order valence-electron chi connectivity index (χ4n) is 3.53. The highest BCUT2D eigenvalue weighted by molar-refractivity contribution is 8.00. The SMILES string of the molecule is CCC(Sc1cccc(NC(=O)Cc2ccccc2)c1)C(=O)Nc1nc(-c2ccc(OC)cc2)cs1. The van der Waals surface area contributed by atoms with Gasteiger partial charge < -0.3 is 15.4 Å². The van der Waals surface area contributed by atoms with E-state index in [0.717, 1.165) is 27.5 Å². The fraction of sp³-hybridized carbons (Fsp3) is 0.179. The van der Waals surface area contributed by atoms with E-state index in [-0.39, 0.29) is 17.1 Å². The predicted octanol–water partition coefficient (Wildman–Crippen LogP) is 6.51. The van der Waals surface area contributed by atoms with Gasteiger partial charge in [0.05, 0.1) is 24.5 Å². The molecule has 4 aromatic rings. The zero-order valence-electron chi connectivity index (χ0n) is 20.1. The van der Waals surface area contributed by atoms with Crippen LogP contribution in [0.5, 0.6) is 5.75 Å². The first-order chi connectivity index (χ1) is 17.5. The first-order valence-electron chi connectivity index (χ1n) is 11.6. The lowest BCUT2D eigenvalue weighted by Gasteiger charge is -2.14. The first kappa shape index (κ1) is 25.5. The fourth-order valence-corrected chi connectivity index (χ4v) is 5.27. The molecule has 0 aliphatic rings. The van der Waals surface area contributed by atoms with E-state index in [9.17, 15) is 9.59 Å². The molecule has 0 saturated heterocycles. The zero-order chi connectivity index (χ0) is 25.3. The molecule has 0 saturated carbocycles. The summed E-state index contributed by atoms with van der Waals surface area (Å²) in [5.41, 5.74) is 3.43. The molecule has 1 heterocycles. The van der Waals surface area contributed by atoms with Gasteiger partial charge in [-0.1, -0.05) is 43.3 Å². The summed E-state index contributed by atoms with van der Waals surface area (Å²) in [5.74, 6) is 0.603. The van der Waals surface area contributed by atoms with Crippen LogP contribution in [0.15, 0.2) is 89.1 Å². The second-order valence-electron chi connectivity index (χ2n) is 8.01. The average molecular weight is 518 g/mol. The lowest BCUT2D eigenvalue weighted by molar-refractivity contribution is -0.116. The van der Waals surface area contributed by atoms with Crippen molar-refractivity contribution < 1.29 is 14.3 Å². The van der Waals surface area contributed by atoms with Crippen LogP contribution in [0.4, 0.5) is 10.8 Å². The van der Waals surface area contributed by atoms with Gasteiger partial charge in [0.15, 0.2) is 5.13 Å². The lowest BCUT2D eigenvalue weighted by Crippen LogP contribution is -2.24. The number of carbonyl (C=O) groups excluding carboxylic acids is 2. The molecule has 184 valence electrons. The van der Waals surface area contributed by atoms with Crippen LogP contribution in [-0.4, -0.2) is 29.2 Å². The summed E-state index contributed by atoms with van der Waals surface area (Å²) in [6, 6.07) is 24.8. The number of rotatable bonds is 10. The number of ether oxygens (including phenoxy) is 1. The van der Waals surface area contributed by atoms with Crippen LogP contribution >= 0.6 is 23.1 Å². The van der Waals surface area contributed by atoms with Gasteiger partial charge in [0, 0.05) is 21.5 Å². The number of amides is 2. The Hall–Kier alpha value is -3.62. The summed E-state index contributed by atoms with van der Waals surface area (Å²) in [5, 5.41) is 8.09. The van der Waals surface area contributed by atoms with Crippen LogP contribution in [0.2, 0.25) is 0 Å². The Bertz CT molecular complexity index is 1310. The molecule has 8 heteroatoms. The molecular weight excluding hydrogens is 490 g/mol. The summed E-state index contributed by atoms with van der Waals surface area (Å²) < 4.78 is 5.20. The highest BCUT2D eigenvalue weighted by atomic mass is 32.2. The number of methoxy groups -OCH3 is 1. The Morgan fingerprint density at radius 1 is 1.00 bits per heavy atom. The zero-order valence-corrected chi connectivity index (χ0v) is 21.7. The van der Waals surface area contributed by atoms with Crippen molar-refractivity contribution in [3.05, 3.63) is 89.8 Å². The number of hydrogen-bond acceptors (Lipinski definition) is 6. The van der Waals surface area contributed by atoms with Crippen molar-refractivity contribution in [3.8, 4) is 17.0 Å². The van der Waals surface area contributed by atoms with Gasteiger partial charge in [-0.3, -0.25) is 9.59 Å². The molecule has 0 fully saturated rings. The molecule has 2 amide bonds. The number of aromatic nitrogens is 1. The number of benzene rings is 3. The molecule has 3 aromatic carbocycles. The lowest BCUT2D eigenvalue weighted by atomic mass is 10.1. The molecule has 4 rings (SSSR count). The van der Waals surface area contributed by atoms with E-state index in [1.807, 2.05) is 91.2 Å². The van der Waals surface area contributed by atoms with Crippen molar-refractivity contribution in [2.75, 3.05) is 17.7 Å². The van der Waals surface area contributed by atoms with E-state index in [1.54, 1.807) is 7.11 Å². The summed E-state index contributed by atoms with van der Waals surface area (Å²) >= 11 is 2.86. The van der Waals surface area contributed by atoms with E-state index in [0.29, 0.717) is 23.7 Å². The van der Waals surface area contributed by atoms with E-state index in [1.165, 1.54) is 23.1 Å². The van der Waals surface area contributed by atoms with Crippen molar-refractivity contribution in [2.24, 2.45) is 0 Å². The molecule has 2 N–H and O–H groups in total. The van der Waals surface area contributed by atoms with Gasteiger partial charge >= 0.3 is 0 Å². The second kappa shape index (κ2) is 12.4. The van der Waals surface area contributed by atoms with Crippen molar-refractivity contribution >= 4 is 45.7 Å². The first-order valence-corrected chi connectivity index (χ1v) is 13.3. The van der Waals surface area contributed by atoms with Gasteiger partial charge in [-0.2, -0.15) is 0 Å². The Balaban J connectivity index is 1.35. The maximum absolute atomic E-state index is 13.0. The number of thioether (sulfide) groups is 1. The van der Waals surface area contributed by atoms with Crippen molar-refractivity contribution in [1.29, 1.82) is 0 Å². The van der Waals surface area contributed by atoms with Crippen molar-refractivity contribution in [2.45, 2.75) is 29.9 Å². The average Bonchev–Trinajstić information content (AvgIpc) is 3.36. The molecule has 0 radical (unpaired) electrons. The quantitative estimate of drug-likeness (QED) is 0.234. The third-order valence-electron chi connectivity index (χ3n) is 5.39. The minimum absolute atomic E-state index is 0.0791. The smallest absolute Gasteiger partial charge is 0.239 e. The van der Waals surface area contributed by atoms with Crippen LogP contribution in [0.3, 0.4) is 0 Å². The number of nitrogens with one attached hydrogen (secondary N) is 2. The minimum atomic E-state index is -0.298. The van der Waals surface area contributed by atoms with Crippen molar-refractivity contribution in [3.63, 3.8) is 0 Å². The standard InChI is InChI=1S/C28H27N3O3S2/c1-3-25(27(33)31-28-30-24(18-35-28)20-12-14-22(34-2)15-13-20)36-23-11-7-10-21(17-23)29-26(32)16-19-8-5-4-6-9-19/h4-15,17-18,25H,3,16H2,1-2H3,(H,29,32)(H,30,31,33). The van der Waals surface area contributed by atoms with Crippen LogP contribution in [0.25, 0.3) is 11.3 Å². The molecule has 0 aliphatic carbocycles. The topological polar surface area (TPSA) is 80.3 Å². The van der Waals surface area contributed by atoms with Crippen molar-refractivity contribution in [1.82, 2.24) is 4.98 Å². The van der Waals surface area contributed by atoms with Gasteiger partial charge in [-0.05, 0) is 54.4 Å². The Morgan fingerprint density at radius 2 is 1.78 bits per heavy atom. The Morgan fingerprint density at radius 3 is 2.50 bits per heavy atom. The monoisotopic (exact) mass is 517 g/mol. The summed E-state index contributed by atoms with van der Waals surface area (Å²) in [6.45, 7) is 1.98. The maximum atomic E-state index is 13.0. The third kappa shape index (κ3) is 6.96. The summed E-state index contributed by atoms with van der Waals surface area (Å²) in [7, 11) is 1.63. The Kier molecular flexibility index (Phi) is 8.76. The minimum Gasteiger partial charge on any atom is -0.497 e. The van der Waals surface area contributed by atoms with Crippen LogP contribution in [-0.2, 0) is 16.0 Å². The van der Waals surface area contributed by atoms with Gasteiger partial charge in [-0.25, -0.2) is 4.98 Å². The van der Waals surface area contributed by atoms with Gasteiger partial charge in [0.1, 0.15) is 5.75 Å². The molecule has 36 heavy (non-hydrogen) atoms. The number of anilines is 2. The van der Waals surface area contributed by atoms with Gasteiger partial charge in [0.25, 0.3) is 0 Å². The molecule has 1 aromatic heterocycles. The highest BCUT2D eigenvalue weighted by Crippen LogP contribution is 2.30. The molecule has 0 aliphatic heterocycles. The van der Waals surface area contributed by atoms with Gasteiger partial charge in [-0.15, -0.1) is 23.1 Å². The number of thiazole rings is 1. The van der Waals surface area contributed by atoms with Crippen LogP contribution in [0, 0.1) is 0 Å². The second-order valence-corrected chi connectivity index (χ2v) is 10.1. The highest BCUT2D eigenvalue weighted by Gasteiger charge is 2.20. The third-order valence-corrected chi connectivity index (χ3v) is 7.50. The molecule has 1 unspecified atom stereocenters. The number of hydrogen-bond donors (Lipinski definition) is 2. The largest absolute Gasteiger partial charge is 0.497 e. The molecule has 6 nitrogen and oxygen atoms in total. The van der Waals surface area contributed by atoms with E-state index < -0.39 is 0 Å². The predicted molar refractivity (Wildman–Crippen MR) is 148 cm³/mol. The summed E-state index contributed by atoms with van der Waals surface area (Å²) in [6.07, 6.45) is 0.961. The van der Waals surface area contributed by atoms with Gasteiger partial charge in [0.2, 0.25) is 11.8 Å². The van der Waals surface area contributed by atoms with E-state index in [4.69, 9.17) is 4.74 Å². The number of carbonyl (C=O) groups is 2. The molecular formula is C28H27N3O3S2. The molecule has 1 atom stereocenters. The number of nitrogens with zero attached hydrogens (tertiary/aromatic N) is 1. The summed E-state index contributed by atoms with van der Waals surface area (Å²) in [4.78, 5) is 30.9. The van der Waals surface area contributed by atoms with Crippen LogP contribution in [0.1, 0.15) is 18.9 Å².